The highest BCUT2D eigenvalue weighted by atomic mass is 19.1. The maximum absolute atomic E-state index is 16.2. The number of nitrogens with one attached hydrogen (secondary N) is 1. The minimum Gasteiger partial charge on any atom is -0.322 e. The highest BCUT2D eigenvalue weighted by molar-refractivity contribution is 6.24. The molecular formula is C41H29FN2O. The van der Waals surface area contributed by atoms with Crippen LogP contribution in [0.2, 0.25) is 0 Å². The fraction of sp³-hybridized carbons (Fsp3) is 0.0244. The zero-order chi connectivity index (χ0) is 30.8. The van der Waals surface area contributed by atoms with E-state index in [4.69, 9.17) is 4.98 Å². The molecular weight excluding hydrogens is 555 g/mol. The average Bonchev–Trinajstić information content (AvgIpc) is 3.09. The predicted molar refractivity (Wildman–Crippen MR) is 183 cm³/mol. The van der Waals surface area contributed by atoms with Gasteiger partial charge < -0.3 is 5.32 Å². The standard InChI is InChI=1S/C41H29FN2O/c1-27-22-24-32(25-23-27)44-41(45)38-33(42)26-43-40-37(31-20-12-5-13-21-31)35(29-16-8-3-9-17-29)34(28-14-6-2-7-15-28)36(39(38)40)30-18-10-4-11-19-30/h2-26H,1H3,(H,44,45). The molecule has 0 fully saturated rings. The summed E-state index contributed by atoms with van der Waals surface area (Å²) in [6.07, 6.45) is 1.17. The summed E-state index contributed by atoms with van der Waals surface area (Å²) in [6, 6.07) is 47.7. The summed E-state index contributed by atoms with van der Waals surface area (Å²) in [4.78, 5) is 19.0. The molecule has 0 aliphatic heterocycles. The second-order valence-corrected chi connectivity index (χ2v) is 11.0. The topological polar surface area (TPSA) is 42.0 Å². The van der Waals surface area contributed by atoms with E-state index in [1.807, 2.05) is 128 Å². The van der Waals surface area contributed by atoms with Crippen LogP contribution in [0.4, 0.5) is 10.1 Å². The molecule has 7 aromatic rings. The molecule has 0 aliphatic carbocycles. The molecule has 0 saturated carbocycles. The van der Waals surface area contributed by atoms with Gasteiger partial charge in [-0.1, -0.05) is 139 Å². The number of benzene rings is 6. The number of hydrogen-bond acceptors (Lipinski definition) is 2. The fourth-order valence-corrected chi connectivity index (χ4v) is 6.03. The van der Waals surface area contributed by atoms with Gasteiger partial charge in [0.05, 0.1) is 17.3 Å². The third-order valence-electron chi connectivity index (χ3n) is 8.06. The Morgan fingerprint density at radius 3 is 1.47 bits per heavy atom. The Kier molecular flexibility index (Phi) is 7.46. The molecule has 6 aromatic carbocycles. The van der Waals surface area contributed by atoms with Gasteiger partial charge in [0.2, 0.25) is 0 Å². The van der Waals surface area contributed by atoms with Crippen molar-refractivity contribution in [3.8, 4) is 44.5 Å². The first-order valence-electron chi connectivity index (χ1n) is 14.9. The van der Waals surface area contributed by atoms with Crippen LogP contribution in [0.25, 0.3) is 55.4 Å². The van der Waals surface area contributed by atoms with Gasteiger partial charge in [-0.15, -0.1) is 0 Å². The molecule has 7 rings (SSSR count). The highest BCUT2D eigenvalue weighted by Crippen LogP contribution is 2.51. The van der Waals surface area contributed by atoms with Gasteiger partial charge in [-0.2, -0.15) is 0 Å². The van der Waals surface area contributed by atoms with E-state index < -0.39 is 11.7 Å². The van der Waals surface area contributed by atoms with Crippen molar-refractivity contribution >= 4 is 22.5 Å². The van der Waals surface area contributed by atoms with Crippen molar-refractivity contribution in [3.63, 3.8) is 0 Å². The van der Waals surface area contributed by atoms with E-state index >= 15 is 4.39 Å². The Morgan fingerprint density at radius 2 is 0.978 bits per heavy atom. The molecule has 0 atom stereocenters. The smallest absolute Gasteiger partial charge is 0.259 e. The summed E-state index contributed by atoms with van der Waals surface area (Å²) >= 11 is 0. The van der Waals surface area contributed by atoms with E-state index in [1.165, 1.54) is 6.20 Å². The van der Waals surface area contributed by atoms with Crippen molar-refractivity contribution in [2.24, 2.45) is 0 Å². The molecule has 0 unspecified atom stereocenters. The second-order valence-electron chi connectivity index (χ2n) is 11.0. The van der Waals surface area contributed by atoms with Gasteiger partial charge in [0.1, 0.15) is 0 Å². The van der Waals surface area contributed by atoms with Crippen LogP contribution in [0, 0.1) is 12.7 Å². The minimum atomic E-state index is -0.685. The zero-order valence-electron chi connectivity index (χ0n) is 24.7. The van der Waals surface area contributed by atoms with Crippen LogP contribution in [0.15, 0.2) is 152 Å². The summed E-state index contributed by atoms with van der Waals surface area (Å²) in [7, 11) is 0. The fourth-order valence-electron chi connectivity index (χ4n) is 6.03. The molecule has 0 spiro atoms. The first-order chi connectivity index (χ1) is 22.1. The van der Waals surface area contributed by atoms with Crippen molar-refractivity contribution in [3.05, 3.63) is 169 Å². The number of aromatic nitrogens is 1. The van der Waals surface area contributed by atoms with Crippen LogP contribution in [0.3, 0.4) is 0 Å². The second kappa shape index (κ2) is 12.0. The molecule has 0 radical (unpaired) electrons. The van der Waals surface area contributed by atoms with Crippen LogP contribution >= 0.6 is 0 Å². The highest BCUT2D eigenvalue weighted by Gasteiger charge is 2.29. The Balaban J connectivity index is 1.70. The van der Waals surface area contributed by atoms with Gasteiger partial charge >= 0.3 is 0 Å². The van der Waals surface area contributed by atoms with Crippen molar-refractivity contribution in [2.45, 2.75) is 6.92 Å². The maximum Gasteiger partial charge on any atom is 0.259 e. The number of amides is 1. The van der Waals surface area contributed by atoms with Crippen LogP contribution in [-0.2, 0) is 0 Å². The Hall–Kier alpha value is -5.87. The molecule has 0 bridgehead atoms. The van der Waals surface area contributed by atoms with E-state index in [2.05, 4.69) is 29.6 Å². The summed E-state index contributed by atoms with van der Waals surface area (Å²) in [6.45, 7) is 1.98. The molecule has 1 aromatic heterocycles. The lowest BCUT2D eigenvalue weighted by molar-refractivity contribution is 0.102. The zero-order valence-corrected chi connectivity index (χ0v) is 24.7. The third kappa shape index (κ3) is 5.28. The molecule has 3 nitrogen and oxygen atoms in total. The predicted octanol–water partition coefficient (Wildman–Crippen LogP) is 10.6. The quantitative estimate of drug-likeness (QED) is 0.211. The maximum atomic E-state index is 16.2. The molecule has 1 heterocycles. The average molecular weight is 585 g/mol. The van der Waals surface area contributed by atoms with Crippen molar-refractivity contribution in [1.82, 2.24) is 4.98 Å². The van der Waals surface area contributed by atoms with Crippen molar-refractivity contribution < 1.29 is 9.18 Å². The van der Waals surface area contributed by atoms with E-state index in [0.717, 1.165) is 50.1 Å². The number of anilines is 1. The summed E-state index contributed by atoms with van der Waals surface area (Å²) in [5, 5.41) is 3.42. The van der Waals surface area contributed by atoms with Crippen LogP contribution in [0.1, 0.15) is 15.9 Å². The van der Waals surface area contributed by atoms with Crippen molar-refractivity contribution in [2.75, 3.05) is 5.32 Å². The number of pyridine rings is 1. The molecule has 45 heavy (non-hydrogen) atoms. The van der Waals surface area contributed by atoms with Gasteiger partial charge in [0.15, 0.2) is 5.82 Å². The van der Waals surface area contributed by atoms with E-state index in [9.17, 15) is 4.79 Å². The number of fused-ring (bicyclic) bond motifs is 1. The van der Waals surface area contributed by atoms with E-state index in [0.29, 0.717) is 16.6 Å². The van der Waals surface area contributed by atoms with Crippen LogP contribution < -0.4 is 5.32 Å². The molecule has 4 heteroatoms. The number of halogens is 1. The van der Waals surface area contributed by atoms with E-state index in [1.54, 1.807) is 0 Å². The SMILES string of the molecule is Cc1ccc(NC(=O)c2c(F)cnc3c(-c4ccccc4)c(-c4ccccc4)c(-c4ccccc4)c(-c4ccccc4)c23)cc1. The molecule has 0 saturated heterocycles. The first kappa shape index (κ1) is 27.9. The number of aryl methyl sites for hydroxylation is 1. The number of nitrogens with zero attached hydrogens (tertiary/aromatic N) is 1. The summed E-state index contributed by atoms with van der Waals surface area (Å²) in [5.41, 5.74) is 9.31. The molecule has 216 valence electrons. The van der Waals surface area contributed by atoms with Crippen LogP contribution in [-0.4, -0.2) is 10.9 Å². The van der Waals surface area contributed by atoms with Crippen LogP contribution in [0.5, 0.6) is 0 Å². The normalized spacial score (nSPS) is 11.0. The lowest BCUT2D eigenvalue weighted by Crippen LogP contribution is -2.16. The molecule has 1 amide bonds. The summed E-state index contributed by atoms with van der Waals surface area (Å²) < 4.78 is 16.2. The first-order valence-corrected chi connectivity index (χ1v) is 14.9. The van der Waals surface area contributed by atoms with Gasteiger partial charge in [0.25, 0.3) is 5.91 Å². The number of carbonyl (C=O) groups excluding carboxylic acids is 1. The lowest BCUT2D eigenvalue weighted by atomic mass is 9.79. The van der Waals surface area contributed by atoms with Gasteiger partial charge in [-0.05, 0) is 46.9 Å². The van der Waals surface area contributed by atoms with E-state index in [-0.39, 0.29) is 5.56 Å². The van der Waals surface area contributed by atoms with Crippen molar-refractivity contribution in [1.29, 1.82) is 0 Å². The van der Waals surface area contributed by atoms with Gasteiger partial charge in [-0.3, -0.25) is 9.78 Å². The monoisotopic (exact) mass is 584 g/mol. The Labute approximate surface area is 261 Å². The number of hydrogen-bond donors (Lipinski definition) is 1. The molecule has 0 aliphatic rings. The Morgan fingerprint density at radius 1 is 0.556 bits per heavy atom. The van der Waals surface area contributed by atoms with Gasteiger partial charge in [-0.25, -0.2) is 4.39 Å². The van der Waals surface area contributed by atoms with Gasteiger partial charge in [0, 0.05) is 27.8 Å². The largest absolute Gasteiger partial charge is 0.322 e. The number of rotatable bonds is 6. The minimum absolute atomic E-state index is 0.0478. The third-order valence-corrected chi connectivity index (χ3v) is 8.06. The number of carbonyl (C=O) groups is 1. The molecule has 1 N–H and O–H groups in total. The summed E-state index contributed by atoms with van der Waals surface area (Å²) in [5.74, 6) is -1.22. The Bertz CT molecular complexity index is 2130. The lowest BCUT2D eigenvalue weighted by Gasteiger charge is -2.25.